The van der Waals surface area contributed by atoms with Gasteiger partial charge in [0.25, 0.3) is 0 Å². The summed E-state index contributed by atoms with van der Waals surface area (Å²) in [6.07, 6.45) is 2.57. The third-order valence-corrected chi connectivity index (χ3v) is 3.66. The first-order valence-corrected chi connectivity index (χ1v) is 7.20. The van der Waals surface area contributed by atoms with Crippen LogP contribution in [0.2, 0.25) is 0 Å². The minimum absolute atomic E-state index is 0.688. The number of nitrogens with one attached hydrogen (secondary N) is 1. The predicted octanol–water partition coefficient (Wildman–Crippen LogP) is 2.51. The van der Waals surface area contributed by atoms with E-state index in [1.165, 1.54) is 12.8 Å². The molecule has 1 aromatic heterocycles. The highest BCUT2D eigenvalue weighted by molar-refractivity contribution is 5.59. The standard InChI is InChI=1S/C16H20N4O/c1-20(14-6-8-15(21-2)9-7-14)16-10-5-13(18-19-16)11-17-12-3-4-12/h5-10,12,17H,3-4,11H2,1-2H3. The summed E-state index contributed by atoms with van der Waals surface area (Å²) in [5.74, 6) is 1.68. The molecule has 0 spiro atoms. The van der Waals surface area contributed by atoms with E-state index in [0.29, 0.717) is 6.04 Å². The summed E-state index contributed by atoms with van der Waals surface area (Å²) in [4.78, 5) is 2.00. The highest BCUT2D eigenvalue weighted by Crippen LogP contribution is 2.24. The van der Waals surface area contributed by atoms with E-state index in [1.54, 1.807) is 7.11 Å². The predicted molar refractivity (Wildman–Crippen MR) is 83.0 cm³/mol. The molecule has 1 heterocycles. The van der Waals surface area contributed by atoms with Gasteiger partial charge in [-0.3, -0.25) is 0 Å². The fraction of sp³-hybridized carbons (Fsp3) is 0.375. The van der Waals surface area contributed by atoms with Crippen molar-refractivity contribution in [1.82, 2.24) is 15.5 Å². The molecule has 5 nitrogen and oxygen atoms in total. The van der Waals surface area contributed by atoms with E-state index in [2.05, 4.69) is 15.5 Å². The second-order valence-electron chi connectivity index (χ2n) is 5.30. The second-order valence-corrected chi connectivity index (χ2v) is 5.30. The number of rotatable bonds is 6. The molecule has 0 radical (unpaired) electrons. The Labute approximate surface area is 125 Å². The molecule has 2 aromatic rings. The topological polar surface area (TPSA) is 50.3 Å². The van der Waals surface area contributed by atoms with E-state index in [1.807, 2.05) is 48.3 Å². The smallest absolute Gasteiger partial charge is 0.155 e. The van der Waals surface area contributed by atoms with Crippen LogP contribution in [-0.4, -0.2) is 30.4 Å². The molecule has 1 saturated carbocycles. The summed E-state index contributed by atoms with van der Waals surface area (Å²) in [5.41, 5.74) is 2.03. The highest BCUT2D eigenvalue weighted by atomic mass is 16.5. The van der Waals surface area contributed by atoms with Crippen LogP contribution in [0.1, 0.15) is 18.5 Å². The average molecular weight is 284 g/mol. The van der Waals surface area contributed by atoms with Gasteiger partial charge in [0.2, 0.25) is 0 Å². The van der Waals surface area contributed by atoms with E-state index in [0.717, 1.165) is 29.5 Å². The van der Waals surface area contributed by atoms with Crippen molar-refractivity contribution in [1.29, 1.82) is 0 Å². The van der Waals surface area contributed by atoms with E-state index < -0.39 is 0 Å². The molecule has 110 valence electrons. The van der Waals surface area contributed by atoms with Gasteiger partial charge in [-0.1, -0.05) is 0 Å². The SMILES string of the molecule is COc1ccc(N(C)c2ccc(CNC3CC3)nn2)cc1. The van der Waals surface area contributed by atoms with Gasteiger partial charge in [0, 0.05) is 25.3 Å². The highest BCUT2D eigenvalue weighted by Gasteiger charge is 2.20. The number of hydrogen-bond donors (Lipinski definition) is 1. The van der Waals surface area contributed by atoms with Crippen LogP contribution in [0.5, 0.6) is 5.75 Å². The third-order valence-electron chi connectivity index (χ3n) is 3.66. The summed E-state index contributed by atoms with van der Waals surface area (Å²) < 4.78 is 5.17. The Kier molecular flexibility index (Phi) is 4.01. The quantitative estimate of drug-likeness (QED) is 0.883. The van der Waals surface area contributed by atoms with Gasteiger partial charge in [0.15, 0.2) is 5.82 Å². The van der Waals surface area contributed by atoms with Gasteiger partial charge in [-0.2, -0.15) is 5.10 Å². The largest absolute Gasteiger partial charge is 0.497 e. The minimum atomic E-state index is 0.688. The number of hydrogen-bond acceptors (Lipinski definition) is 5. The fourth-order valence-corrected chi connectivity index (χ4v) is 2.10. The Morgan fingerprint density at radius 3 is 2.48 bits per heavy atom. The lowest BCUT2D eigenvalue weighted by Gasteiger charge is -2.18. The minimum Gasteiger partial charge on any atom is -0.497 e. The zero-order valence-electron chi connectivity index (χ0n) is 12.4. The van der Waals surface area contributed by atoms with Gasteiger partial charge in [-0.15, -0.1) is 5.10 Å². The van der Waals surface area contributed by atoms with Crippen molar-refractivity contribution < 1.29 is 4.74 Å². The Morgan fingerprint density at radius 1 is 1.14 bits per heavy atom. The van der Waals surface area contributed by atoms with Gasteiger partial charge in [-0.25, -0.2) is 0 Å². The molecule has 0 atom stereocenters. The zero-order valence-corrected chi connectivity index (χ0v) is 12.4. The molecular weight excluding hydrogens is 264 g/mol. The molecule has 0 amide bonds. The second kappa shape index (κ2) is 6.10. The van der Waals surface area contributed by atoms with Gasteiger partial charge < -0.3 is 15.0 Å². The third kappa shape index (κ3) is 3.49. The monoisotopic (exact) mass is 284 g/mol. The van der Waals surface area contributed by atoms with Gasteiger partial charge >= 0.3 is 0 Å². The van der Waals surface area contributed by atoms with E-state index in [9.17, 15) is 0 Å². The summed E-state index contributed by atoms with van der Waals surface area (Å²) in [6, 6.07) is 12.6. The molecule has 5 heteroatoms. The van der Waals surface area contributed by atoms with E-state index in [4.69, 9.17) is 4.74 Å². The number of benzene rings is 1. The summed E-state index contributed by atoms with van der Waals surface area (Å²) in [7, 11) is 3.65. The van der Waals surface area contributed by atoms with Crippen LogP contribution in [-0.2, 0) is 6.54 Å². The van der Waals surface area contributed by atoms with E-state index in [-0.39, 0.29) is 0 Å². The molecule has 0 saturated heterocycles. The van der Waals surface area contributed by atoms with Crippen molar-refractivity contribution in [2.75, 3.05) is 19.1 Å². The molecule has 3 rings (SSSR count). The Hall–Kier alpha value is -2.14. The number of anilines is 2. The summed E-state index contributed by atoms with van der Waals surface area (Å²) >= 11 is 0. The molecule has 0 unspecified atom stereocenters. The first-order chi connectivity index (χ1) is 10.3. The summed E-state index contributed by atoms with van der Waals surface area (Å²) in [5, 5.41) is 12.0. The van der Waals surface area contributed by atoms with Crippen molar-refractivity contribution in [3.05, 3.63) is 42.1 Å². The van der Waals surface area contributed by atoms with Gasteiger partial charge in [0.1, 0.15) is 5.75 Å². The molecule has 1 N–H and O–H groups in total. The number of ether oxygens (including phenoxy) is 1. The maximum Gasteiger partial charge on any atom is 0.155 e. The van der Waals surface area contributed by atoms with Crippen LogP contribution in [0.3, 0.4) is 0 Å². The van der Waals surface area contributed by atoms with E-state index >= 15 is 0 Å². The van der Waals surface area contributed by atoms with Crippen LogP contribution >= 0.6 is 0 Å². The molecule has 21 heavy (non-hydrogen) atoms. The zero-order chi connectivity index (χ0) is 14.7. The fourth-order valence-electron chi connectivity index (χ4n) is 2.10. The average Bonchev–Trinajstić information content (AvgIpc) is 3.37. The van der Waals surface area contributed by atoms with Crippen LogP contribution in [0.25, 0.3) is 0 Å². The van der Waals surface area contributed by atoms with Crippen molar-refractivity contribution in [3.8, 4) is 5.75 Å². The Morgan fingerprint density at radius 2 is 1.90 bits per heavy atom. The molecule has 1 aliphatic rings. The molecule has 1 aliphatic carbocycles. The van der Waals surface area contributed by atoms with Gasteiger partial charge in [-0.05, 0) is 49.2 Å². The van der Waals surface area contributed by atoms with Crippen molar-refractivity contribution in [3.63, 3.8) is 0 Å². The van der Waals surface area contributed by atoms with Crippen LogP contribution in [0.15, 0.2) is 36.4 Å². The molecule has 0 aliphatic heterocycles. The van der Waals surface area contributed by atoms with Crippen LogP contribution in [0, 0.1) is 0 Å². The van der Waals surface area contributed by atoms with Crippen molar-refractivity contribution in [2.45, 2.75) is 25.4 Å². The lowest BCUT2D eigenvalue weighted by Crippen LogP contribution is -2.17. The lowest BCUT2D eigenvalue weighted by molar-refractivity contribution is 0.415. The van der Waals surface area contributed by atoms with Crippen molar-refractivity contribution >= 4 is 11.5 Å². The van der Waals surface area contributed by atoms with Crippen LogP contribution < -0.4 is 15.0 Å². The maximum absolute atomic E-state index is 5.17. The molecule has 1 aromatic carbocycles. The molecule has 1 fully saturated rings. The normalized spacial score (nSPS) is 14.0. The summed E-state index contributed by atoms with van der Waals surface area (Å²) in [6.45, 7) is 0.796. The number of methoxy groups -OCH3 is 1. The number of nitrogens with zero attached hydrogens (tertiary/aromatic N) is 3. The lowest BCUT2D eigenvalue weighted by atomic mass is 10.2. The first-order valence-electron chi connectivity index (χ1n) is 7.20. The van der Waals surface area contributed by atoms with Crippen molar-refractivity contribution in [2.24, 2.45) is 0 Å². The Bertz CT molecular complexity index is 578. The van der Waals surface area contributed by atoms with Gasteiger partial charge in [0.05, 0.1) is 12.8 Å². The first kappa shape index (κ1) is 13.8. The number of aromatic nitrogens is 2. The van der Waals surface area contributed by atoms with Crippen LogP contribution in [0.4, 0.5) is 11.5 Å². The maximum atomic E-state index is 5.17. The molecule has 0 bridgehead atoms. The Balaban J connectivity index is 1.66. The molecular formula is C16H20N4O.